The number of piperidine rings is 1. The van der Waals surface area contributed by atoms with E-state index >= 15 is 0 Å². The van der Waals surface area contributed by atoms with Crippen molar-refractivity contribution in [2.75, 3.05) is 31.4 Å². The quantitative estimate of drug-likeness (QED) is 0.705. The fourth-order valence-electron chi connectivity index (χ4n) is 3.74. The first-order chi connectivity index (χ1) is 14.2. The lowest BCUT2D eigenvalue weighted by Gasteiger charge is -2.28. The average Bonchev–Trinajstić information content (AvgIpc) is 2.71. The topological polar surface area (TPSA) is 78.5 Å². The first-order valence-electron chi connectivity index (χ1n) is 10.4. The van der Waals surface area contributed by atoms with E-state index in [9.17, 15) is 13.2 Å². The van der Waals surface area contributed by atoms with Crippen molar-refractivity contribution in [2.24, 2.45) is 5.92 Å². The molecule has 1 heterocycles. The lowest BCUT2D eigenvalue weighted by Crippen LogP contribution is -2.32. The van der Waals surface area contributed by atoms with Crippen molar-refractivity contribution >= 4 is 21.6 Å². The monoisotopic (exact) mass is 429 g/mol. The van der Waals surface area contributed by atoms with E-state index in [2.05, 4.69) is 22.0 Å². The molecule has 1 fully saturated rings. The fraction of sp³-hybridized carbons (Fsp3) is 0.435. The van der Waals surface area contributed by atoms with Gasteiger partial charge in [-0.3, -0.25) is 9.52 Å². The number of amides is 1. The summed E-state index contributed by atoms with van der Waals surface area (Å²) >= 11 is 0. The third-order valence-electron chi connectivity index (χ3n) is 5.71. The lowest BCUT2D eigenvalue weighted by molar-refractivity contribution is 0.0949. The third-order valence-corrected chi connectivity index (χ3v) is 7.23. The van der Waals surface area contributed by atoms with Crippen molar-refractivity contribution in [3.63, 3.8) is 0 Å². The van der Waals surface area contributed by atoms with Crippen LogP contribution in [-0.2, 0) is 10.0 Å². The molecule has 1 amide bonds. The highest BCUT2D eigenvalue weighted by atomic mass is 32.2. The van der Waals surface area contributed by atoms with Crippen molar-refractivity contribution < 1.29 is 13.2 Å². The Bertz CT molecular complexity index is 979. The average molecular weight is 430 g/mol. The molecule has 2 N–H and O–H groups in total. The Hall–Kier alpha value is -2.38. The molecule has 0 radical (unpaired) electrons. The Labute approximate surface area is 179 Å². The number of anilines is 1. The molecule has 1 aliphatic heterocycles. The first-order valence-corrected chi connectivity index (χ1v) is 11.9. The number of likely N-dealkylation sites (tertiary alicyclic amines) is 1. The summed E-state index contributed by atoms with van der Waals surface area (Å²) in [5, 5.41) is 2.97. The van der Waals surface area contributed by atoms with Gasteiger partial charge in [0.2, 0.25) is 0 Å². The van der Waals surface area contributed by atoms with Gasteiger partial charge in [-0.25, -0.2) is 8.42 Å². The Kier molecular flexibility index (Phi) is 7.15. The summed E-state index contributed by atoms with van der Waals surface area (Å²) in [6.07, 6.45) is 3.36. The molecule has 0 atom stereocenters. The first kappa shape index (κ1) is 22.3. The van der Waals surface area contributed by atoms with Gasteiger partial charge in [0.1, 0.15) is 0 Å². The van der Waals surface area contributed by atoms with Gasteiger partial charge in [0.15, 0.2) is 0 Å². The van der Waals surface area contributed by atoms with Gasteiger partial charge < -0.3 is 10.2 Å². The van der Waals surface area contributed by atoms with Crippen molar-refractivity contribution in [1.82, 2.24) is 10.2 Å². The molecular weight excluding hydrogens is 398 g/mol. The standard InChI is InChI=1S/C23H31N3O3S/c1-17-4-5-18(2)22(16-17)30(28,29)25-21-8-6-20(7-9-21)23(27)24-13-10-19-11-14-26(3)15-12-19/h4-9,16,19,25H,10-15H2,1-3H3,(H,24,27). The van der Waals surface area contributed by atoms with Crippen LogP contribution in [0.5, 0.6) is 0 Å². The zero-order chi connectivity index (χ0) is 21.7. The number of sulfonamides is 1. The van der Waals surface area contributed by atoms with Gasteiger partial charge in [0, 0.05) is 17.8 Å². The second-order valence-corrected chi connectivity index (χ2v) is 9.89. The molecule has 2 aromatic rings. The summed E-state index contributed by atoms with van der Waals surface area (Å²) in [6, 6.07) is 11.9. The predicted molar refractivity (Wildman–Crippen MR) is 120 cm³/mol. The number of hydrogen-bond donors (Lipinski definition) is 2. The highest BCUT2D eigenvalue weighted by Gasteiger charge is 2.18. The largest absolute Gasteiger partial charge is 0.352 e. The van der Waals surface area contributed by atoms with Crippen LogP contribution in [0.15, 0.2) is 47.4 Å². The molecule has 0 bridgehead atoms. The van der Waals surface area contributed by atoms with Crippen LogP contribution in [0.3, 0.4) is 0 Å². The maximum atomic E-state index is 12.7. The summed E-state index contributed by atoms with van der Waals surface area (Å²) in [4.78, 5) is 15.0. The molecule has 0 saturated carbocycles. The molecule has 6 nitrogen and oxygen atoms in total. The molecule has 2 aromatic carbocycles. The minimum atomic E-state index is -3.68. The van der Waals surface area contributed by atoms with E-state index in [1.165, 1.54) is 12.8 Å². The van der Waals surface area contributed by atoms with E-state index in [0.29, 0.717) is 29.3 Å². The molecule has 0 aliphatic carbocycles. The SMILES string of the molecule is Cc1ccc(C)c(S(=O)(=O)Nc2ccc(C(=O)NCCC3CCN(C)CC3)cc2)c1. The van der Waals surface area contributed by atoms with Crippen LogP contribution in [0.25, 0.3) is 0 Å². The Morgan fingerprint density at radius 1 is 1.07 bits per heavy atom. The number of hydrogen-bond acceptors (Lipinski definition) is 4. The summed E-state index contributed by atoms with van der Waals surface area (Å²) < 4.78 is 28.0. The summed E-state index contributed by atoms with van der Waals surface area (Å²) in [6.45, 7) is 6.54. The van der Waals surface area contributed by atoms with Gasteiger partial charge in [-0.05, 0) is 101 Å². The Morgan fingerprint density at radius 3 is 2.40 bits per heavy atom. The van der Waals surface area contributed by atoms with Crippen molar-refractivity contribution in [3.8, 4) is 0 Å². The van der Waals surface area contributed by atoms with Gasteiger partial charge >= 0.3 is 0 Å². The van der Waals surface area contributed by atoms with Crippen LogP contribution in [-0.4, -0.2) is 45.9 Å². The maximum absolute atomic E-state index is 12.7. The molecule has 162 valence electrons. The molecule has 1 aliphatic rings. The van der Waals surface area contributed by atoms with Crippen LogP contribution >= 0.6 is 0 Å². The number of rotatable bonds is 7. The molecule has 0 unspecified atom stereocenters. The fourth-order valence-corrected chi connectivity index (χ4v) is 5.13. The van der Waals surface area contributed by atoms with E-state index in [-0.39, 0.29) is 10.8 Å². The highest BCUT2D eigenvalue weighted by Crippen LogP contribution is 2.21. The maximum Gasteiger partial charge on any atom is 0.262 e. The lowest BCUT2D eigenvalue weighted by atomic mass is 9.94. The molecule has 30 heavy (non-hydrogen) atoms. The van der Waals surface area contributed by atoms with Crippen LogP contribution in [0, 0.1) is 19.8 Å². The van der Waals surface area contributed by atoms with Gasteiger partial charge in [-0.15, -0.1) is 0 Å². The van der Waals surface area contributed by atoms with Crippen LogP contribution in [0.4, 0.5) is 5.69 Å². The van der Waals surface area contributed by atoms with Gasteiger partial charge in [0.05, 0.1) is 4.90 Å². The summed E-state index contributed by atoms with van der Waals surface area (Å²) in [7, 11) is -1.54. The summed E-state index contributed by atoms with van der Waals surface area (Å²) in [5.41, 5.74) is 2.52. The minimum absolute atomic E-state index is 0.133. The number of nitrogens with one attached hydrogen (secondary N) is 2. The highest BCUT2D eigenvalue weighted by molar-refractivity contribution is 7.92. The zero-order valence-electron chi connectivity index (χ0n) is 17.9. The molecule has 0 spiro atoms. The van der Waals surface area contributed by atoms with Crippen molar-refractivity contribution in [1.29, 1.82) is 0 Å². The number of carbonyl (C=O) groups excluding carboxylic acids is 1. The second-order valence-electron chi connectivity index (χ2n) is 8.24. The molecule has 1 saturated heterocycles. The molecule has 7 heteroatoms. The molecule has 0 aromatic heterocycles. The second kappa shape index (κ2) is 9.62. The normalized spacial score (nSPS) is 15.7. The smallest absolute Gasteiger partial charge is 0.262 e. The van der Waals surface area contributed by atoms with Crippen molar-refractivity contribution in [3.05, 3.63) is 59.2 Å². The number of aryl methyl sites for hydroxylation is 2. The molecular formula is C23H31N3O3S. The zero-order valence-corrected chi connectivity index (χ0v) is 18.8. The van der Waals surface area contributed by atoms with Crippen LogP contribution < -0.4 is 10.0 Å². The van der Waals surface area contributed by atoms with Gasteiger partial charge in [-0.2, -0.15) is 0 Å². The van der Waals surface area contributed by atoms with E-state index in [1.807, 2.05) is 13.0 Å². The van der Waals surface area contributed by atoms with E-state index in [1.54, 1.807) is 43.3 Å². The summed E-state index contributed by atoms with van der Waals surface area (Å²) in [5.74, 6) is 0.537. The molecule has 3 rings (SSSR count). The van der Waals surface area contributed by atoms with Crippen molar-refractivity contribution in [2.45, 2.75) is 38.0 Å². The number of benzene rings is 2. The Morgan fingerprint density at radius 2 is 1.73 bits per heavy atom. The van der Waals surface area contributed by atoms with Crippen LogP contribution in [0.2, 0.25) is 0 Å². The van der Waals surface area contributed by atoms with E-state index in [4.69, 9.17) is 0 Å². The van der Waals surface area contributed by atoms with E-state index in [0.717, 1.165) is 25.1 Å². The predicted octanol–water partition coefficient (Wildman–Crippen LogP) is 3.57. The van der Waals surface area contributed by atoms with Gasteiger partial charge in [-0.1, -0.05) is 12.1 Å². The van der Waals surface area contributed by atoms with Gasteiger partial charge in [0.25, 0.3) is 15.9 Å². The van der Waals surface area contributed by atoms with Crippen LogP contribution in [0.1, 0.15) is 40.7 Å². The number of carbonyl (C=O) groups is 1. The Balaban J connectivity index is 1.55. The minimum Gasteiger partial charge on any atom is -0.352 e. The third kappa shape index (κ3) is 5.83. The number of nitrogens with zero attached hydrogens (tertiary/aromatic N) is 1. The van der Waals surface area contributed by atoms with E-state index < -0.39 is 10.0 Å².